The number of halogens is 1. The van der Waals surface area contributed by atoms with Crippen LogP contribution in [0.3, 0.4) is 0 Å². The molecule has 2 unspecified atom stereocenters. The Balaban J connectivity index is 1.44. The minimum Gasteiger partial charge on any atom is -0.378 e. The Labute approximate surface area is 173 Å². The van der Waals surface area contributed by atoms with Crippen LogP contribution in [0, 0.1) is 12.8 Å². The predicted molar refractivity (Wildman–Crippen MR) is 112 cm³/mol. The lowest BCUT2D eigenvalue weighted by Crippen LogP contribution is -2.41. The van der Waals surface area contributed by atoms with Gasteiger partial charge >= 0.3 is 0 Å². The van der Waals surface area contributed by atoms with Crippen molar-refractivity contribution in [2.75, 3.05) is 31.6 Å². The number of ether oxygens (including phenoxy) is 1. The van der Waals surface area contributed by atoms with E-state index >= 15 is 0 Å². The van der Waals surface area contributed by atoms with Gasteiger partial charge in [0.25, 0.3) is 5.91 Å². The SMILES string of the molecule is Cc1c(NC(=O)C2CC2c2ccc(Br)cc2)cccc1C(=O)N1CCOCC1. The first kappa shape index (κ1) is 19.2. The van der Waals surface area contributed by atoms with Gasteiger partial charge in [0.1, 0.15) is 0 Å². The molecule has 2 fully saturated rings. The predicted octanol–water partition coefficient (Wildman–Crippen LogP) is 3.97. The number of benzene rings is 2. The number of rotatable bonds is 4. The molecule has 2 aliphatic rings. The molecular formula is C22H23BrN2O3. The van der Waals surface area contributed by atoms with Crippen LogP contribution in [0.25, 0.3) is 0 Å². The first-order valence-corrected chi connectivity index (χ1v) is 10.4. The van der Waals surface area contributed by atoms with E-state index in [-0.39, 0.29) is 23.7 Å². The van der Waals surface area contributed by atoms with Crippen LogP contribution in [0.2, 0.25) is 0 Å². The molecule has 0 spiro atoms. The van der Waals surface area contributed by atoms with E-state index in [1.807, 2.05) is 42.2 Å². The molecule has 2 atom stereocenters. The maximum atomic E-state index is 12.8. The lowest BCUT2D eigenvalue weighted by Gasteiger charge is -2.27. The number of nitrogens with zero attached hydrogens (tertiary/aromatic N) is 1. The summed E-state index contributed by atoms with van der Waals surface area (Å²) < 4.78 is 6.36. The first-order chi connectivity index (χ1) is 13.5. The molecule has 1 saturated heterocycles. The van der Waals surface area contributed by atoms with Crippen LogP contribution in [0.4, 0.5) is 5.69 Å². The highest BCUT2D eigenvalue weighted by Gasteiger charge is 2.44. The summed E-state index contributed by atoms with van der Waals surface area (Å²) in [6.45, 7) is 4.24. The maximum Gasteiger partial charge on any atom is 0.254 e. The van der Waals surface area contributed by atoms with E-state index in [2.05, 4.69) is 33.4 Å². The van der Waals surface area contributed by atoms with Gasteiger partial charge in [-0.15, -0.1) is 0 Å². The van der Waals surface area contributed by atoms with Gasteiger partial charge in [-0.3, -0.25) is 9.59 Å². The quantitative estimate of drug-likeness (QED) is 0.778. The molecule has 2 aromatic rings. The number of morpholine rings is 1. The number of hydrogen-bond acceptors (Lipinski definition) is 3. The molecule has 0 aromatic heterocycles. The molecule has 146 valence electrons. The van der Waals surface area contributed by atoms with Crippen molar-refractivity contribution in [3.63, 3.8) is 0 Å². The molecule has 5 nitrogen and oxygen atoms in total. The number of amides is 2. The van der Waals surface area contributed by atoms with Gasteiger partial charge < -0.3 is 15.0 Å². The van der Waals surface area contributed by atoms with Crippen LogP contribution in [0.15, 0.2) is 46.9 Å². The molecule has 1 N–H and O–H groups in total. The van der Waals surface area contributed by atoms with Crippen molar-refractivity contribution in [1.82, 2.24) is 4.90 Å². The summed E-state index contributed by atoms with van der Waals surface area (Å²) in [4.78, 5) is 27.4. The summed E-state index contributed by atoms with van der Waals surface area (Å²) in [6, 6.07) is 13.7. The third kappa shape index (κ3) is 3.98. The van der Waals surface area contributed by atoms with Gasteiger partial charge in [-0.05, 0) is 54.7 Å². The van der Waals surface area contributed by atoms with E-state index < -0.39 is 0 Å². The van der Waals surface area contributed by atoms with Crippen molar-refractivity contribution in [2.24, 2.45) is 5.92 Å². The van der Waals surface area contributed by atoms with Crippen LogP contribution in [0.5, 0.6) is 0 Å². The number of carbonyl (C=O) groups is 2. The number of anilines is 1. The molecule has 4 rings (SSSR count). The Morgan fingerprint density at radius 1 is 1.11 bits per heavy atom. The molecule has 6 heteroatoms. The monoisotopic (exact) mass is 442 g/mol. The molecule has 2 amide bonds. The van der Waals surface area contributed by atoms with Crippen molar-refractivity contribution in [3.05, 3.63) is 63.6 Å². The topological polar surface area (TPSA) is 58.6 Å². The van der Waals surface area contributed by atoms with Crippen LogP contribution >= 0.6 is 15.9 Å². The zero-order chi connectivity index (χ0) is 19.7. The lowest BCUT2D eigenvalue weighted by molar-refractivity contribution is -0.117. The van der Waals surface area contributed by atoms with Gasteiger partial charge in [0.15, 0.2) is 0 Å². The van der Waals surface area contributed by atoms with Gasteiger partial charge in [0.2, 0.25) is 5.91 Å². The Kier molecular flexibility index (Phi) is 5.51. The van der Waals surface area contributed by atoms with E-state index in [0.717, 1.165) is 16.5 Å². The molecule has 1 aliphatic heterocycles. The zero-order valence-electron chi connectivity index (χ0n) is 15.8. The third-order valence-electron chi connectivity index (χ3n) is 5.55. The maximum absolute atomic E-state index is 12.8. The highest BCUT2D eigenvalue weighted by atomic mass is 79.9. The van der Waals surface area contributed by atoms with Crippen LogP contribution in [-0.4, -0.2) is 43.0 Å². The molecule has 1 heterocycles. The van der Waals surface area contributed by atoms with Crippen molar-refractivity contribution in [2.45, 2.75) is 19.3 Å². The minimum absolute atomic E-state index is 0.00365. The fourth-order valence-corrected chi connectivity index (χ4v) is 3.99. The van der Waals surface area contributed by atoms with Crippen LogP contribution < -0.4 is 5.32 Å². The first-order valence-electron chi connectivity index (χ1n) is 9.57. The lowest BCUT2D eigenvalue weighted by atomic mass is 10.0. The molecule has 28 heavy (non-hydrogen) atoms. The van der Waals surface area contributed by atoms with Crippen LogP contribution in [0.1, 0.15) is 33.8 Å². The zero-order valence-corrected chi connectivity index (χ0v) is 17.4. The Morgan fingerprint density at radius 3 is 2.54 bits per heavy atom. The molecule has 1 saturated carbocycles. The summed E-state index contributed by atoms with van der Waals surface area (Å²) in [6.07, 6.45) is 0.860. The number of hydrogen-bond donors (Lipinski definition) is 1. The standard InChI is InChI=1S/C22H23BrN2O3/c1-14-17(22(27)25-9-11-28-12-10-25)3-2-4-20(14)24-21(26)19-13-18(19)15-5-7-16(23)8-6-15/h2-8,18-19H,9-13H2,1H3,(H,24,26). The summed E-state index contributed by atoms with van der Waals surface area (Å²) in [5, 5.41) is 3.04. The highest BCUT2D eigenvalue weighted by molar-refractivity contribution is 9.10. The van der Waals surface area contributed by atoms with Crippen molar-refractivity contribution < 1.29 is 14.3 Å². The average molecular weight is 443 g/mol. The van der Waals surface area contributed by atoms with Gasteiger partial charge in [-0.1, -0.05) is 34.1 Å². The molecule has 2 aromatic carbocycles. The van der Waals surface area contributed by atoms with E-state index in [1.54, 1.807) is 0 Å². The highest BCUT2D eigenvalue weighted by Crippen LogP contribution is 2.48. The normalized spacial score (nSPS) is 21.3. The van der Waals surface area contributed by atoms with Gasteiger partial charge in [-0.25, -0.2) is 0 Å². The summed E-state index contributed by atoms with van der Waals surface area (Å²) in [5.41, 5.74) is 3.36. The fourth-order valence-electron chi connectivity index (χ4n) is 3.73. The minimum atomic E-state index is -0.0147. The molecule has 0 radical (unpaired) electrons. The van der Waals surface area contributed by atoms with E-state index in [1.165, 1.54) is 5.56 Å². The second-order valence-electron chi connectivity index (χ2n) is 7.37. The summed E-state index contributed by atoms with van der Waals surface area (Å²) in [5.74, 6) is 0.272. The Hall–Kier alpha value is -2.18. The Bertz CT molecular complexity index is 891. The largest absolute Gasteiger partial charge is 0.378 e. The third-order valence-corrected chi connectivity index (χ3v) is 6.07. The summed E-state index contributed by atoms with van der Waals surface area (Å²) in [7, 11) is 0. The fraction of sp³-hybridized carbons (Fsp3) is 0.364. The van der Waals surface area contributed by atoms with Gasteiger partial charge in [0, 0.05) is 34.7 Å². The Morgan fingerprint density at radius 2 is 1.82 bits per heavy atom. The number of carbonyl (C=O) groups excluding carboxylic acids is 2. The van der Waals surface area contributed by atoms with E-state index in [0.29, 0.717) is 37.6 Å². The smallest absolute Gasteiger partial charge is 0.254 e. The van der Waals surface area contributed by atoms with Crippen molar-refractivity contribution in [1.29, 1.82) is 0 Å². The molecule has 1 aliphatic carbocycles. The summed E-state index contributed by atoms with van der Waals surface area (Å²) >= 11 is 3.44. The van der Waals surface area contributed by atoms with Crippen molar-refractivity contribution >= 4 is 33.4 Å². The average Bonchev–Trinajstić information content (AvgIpc) is 3.51. The van der Waals surface area contributed by atoms with Crippen molar-refractivity contribution in [3.8, 4) is 0 Å². The number of nitrogens with one attached hydrogen (secondary N) is 1. The molecule has 0 bridgehead atoms. The van der Waals surface area contributed by atoms with Gasteiger partial charge in [-0.2, -0.15) is 0 Å². The van der Waals surface area contributed by atoms with E-state index in [4.69, 9.17) is 4.74 Å². The second-order valence-corrected chi connectivity index (χ2v) is 8.29. The second kappa shape index (κ2) is 8.05. The van der Waals surface area contributed by atoms with Crippen LogP contribution in [-0.2, 0) is 9.53 Å². The van der Waals surface area contributed by atoms with E-state index in [9.17, 15) is 9.59 Å². The molecular weight excluding hydrogens is 420 g/mol. The van der Waals surface area contributed by atoms with Gasteiger partial charge in [0.05, 0.1) is 13.2 Å².